The summed E-state index contributed by atoms with van der Waals surface area (Å²) in [6.07, 6.45) is 12.1. The van der Waals surface area contributed by atoms with Crippen molar-refractivity contribution in [3.05, 3.63) is 24.3 Å². The summed E-state index contributed by atoms with van der Waals surface area (Å²) in [5, 5.41) is 0. The van der Waals surface area contributed by atoms with E-state index in [1.54, 1.807) is 0 Å². The molecule has 64 valence electrons. The number of rotatable bonds is 0. The molecule has 2 fully saturated rings. The zero-order valence-electron chi connectivity index (χ0n) is 6.69. The second-order valence-corrected chi connectivity index (χ2v) is 5.42. The number of hydrogen-bond donors (Lipinski definition) is 0. The first-order chi connectivity index (χ1) is 5.66. The zero-order chi connectivity index (χ0) is 8.45. The molecule has 12 heavy (non-hydrogen) atoms. The fourth-order valence-corrected chi connectivity index (χ4v) is 4.39. The zero-order valence-corrected chi connectivity index (χ0v) is 8.20. The molecule has 0 radical (unpaired) electrons. The lowest BCUT2D eigenvalue weighted by molar-refractivity contribution is 0.552. The van der Waals surface area contributed by atoms with E-state index in [4.69, 9.17) is 23.2 Å². The Balaban J connectivity index is 2.20. The van der Waals surface area contributed by atoms with Crippen LogP contribution < -0.4 is 0 Å². The SMILES string of the molecule is ClC1(Cl)C23C=CC=CC12CCC3. The van der Waals surface area contributed by atoms with Crippen molar-refractivity contribution >= 4 is 23.2 Å². The molecule has 0 aromatic rings. The third kappa shape index (κ3) is 0.467. The fraction of sp³-hybridized carbons (Fsp3) is 0.600. The Kier molecular flexibility index (Phi) is 1.11. The van der Waals surface area contributed by atoms with Crippen LogP contribution in [0.3, 0.4) is 0 Å². The molecular formula is C10H10Cl2. The van der Waals surface area contributed by atoms with E-state index in [2.05, 4.69) is 24.3 Å². The van der Waals surface area contributed by atoms with Gasteiger partial charge < -0.3 is 0 Å². The molecule has 2 heteroatoms. The molecule has 0 aromatic heterocycles. The van der Waals surface area contributed by atoms with Gasteiger partial charge in [-0.25, -0.2) is 0 Å². The summed E-state index contributed by atoms with van der Waals surface area (Å²) in [7, 11) is 0. The van der Waals surface area contributed by atoms with E-state index in [-0.39, 0.29) is 10.8 Å². The van der Waals surface area contributed by atoms with Crippen LogP contribution in [0.2, 0.25) is 0 Å². The van der Waals surface area contributed by atoms with Gasteiger partial charge in [-0.05, 0) is 12.8 Å². The van der Waals surface area contributed by atoms with Crippen LogP contribution in [0.5, 0.6) is 0 Å². The van der Waals surface area contributed by atoms with Crippen LogP contribution in [-0.4, -0.2) is 4.33 Å². The summed E-state index contributed by atoms with van der Waals surface area (Å²) >= 11 is 12.7. The highest BCUT2D eigenvalue weighted by molar-refractivity contribution is 6.53. The largest absolute Gasteiger partial charge is 0.138 e. The molecule has 2 unspecified atom stereocenters. The third-order valence-corrected chi connectivity index (χ3v) is 5.22. The van der Waals surface area contributed by atoms with Gasteiger partial charge in [0.2, 0.25) is 0 Å². The monoisotopic (exact) mass is 200 g/mol. The molecule has 2 saturated carbocycles. The van der Waals surface area contributed by atoms with Crippen molar-refractivity contribution in [2.75, 3.05) is 0 Å². The average molecular weight is 201 g/mol. The molecule has 3 rings (SSSR count). The minimum absolute atomic E-state index is 0.0951. The summed E-state index contributed by atoms with van der Waals surface area (Å²) < 4.78 is -0.512. The Bertz CT molecular complexity index is 275. The van der Waals surface area contributed by atoms with Gasteiger partial charge >= 0.3 is 0 Å². The van der Waals surface area contributed by atoms with Crippen LogP contribution in [0.25, 0.3) is 0 Å². The van der Waals surface area contributed by atoms with Gasteiger partial charge in [-0.1, -0.05) is 53.9 Å². The van der Waals surface area contributed by atoms with Crippen LogP contribution in [-0.2, 0) is 0 Å². The van der Waals surface area contributed by atoms with Crippen LogP contribution in [0.15, 0.2) is 24.3 Å². The molecule has 0 spiro atoms. The van der Waals surface area contributed by atoms with Crippen molar-refractivity contribution in [1.82, 2.24) is 0 Å². The minimum atomic E-state index is -0.512. The molecule has 0 amide bonds. The number of allylic oxidation sites excluding steroid dienone is 4. The van der Waals surface area contributed by atoms with Crippen molar-refractivity contribution < 1.29 is 0 Å². The summed E-state index contributed by atoms with van der Waals surface area (Å²) in [5.41, 5.74) is 0.190. The second-order valence-electron chi connectivity index (χ2n) is 4.09. The quantitative estimate of drug-likeness (QED) is 0.526. The number of hydrogen-bond acceptors (Lipinski definition) is 0. The summed E-state index contributed by atoms with van der Waals surface area (Å²) in [4.78, 5) is 0. The molecule has 2 atom stereocenters. The smallest absolute Gasteiger partial charge is 0.0996 e. The predicted octanol–water partition coefficient (Wildman–Crippen LogP) is 3.46. The maximum absolute atomic E-state index is 6.33. The van der Waals surface area contributed by atoms with Crippen LogP contribution in [0.1, 0.15) is 19.3 Å². The first-order valence-corrected chi connectivity index (χ1v) is 5.17. The lowest BCUT2D eigenvalue weighted by atomic mass is 9.92. The van der Waals surface area contributed by atoms with Gasteiger partial charge in [-0.2, -0.15) is 0 Å². The van der Waals surface area contributed by atoms with E-state index in [9.17, 15) is 0 Å². The third-order valence-electron chi connectivity index (χ3n) is 3.87. The van der Waals surface area contributed by atoms with Crippen molar-refractivity contribution in [1.29, 1.82) is 0 Å². The van der Waals surface area contributed by atoms with E-state index in [0.717, 1.165) is 12.8 Å². The number of halogens is 2. The lowest BCUT2D eigenvalue weighted by Gasteiger charge is -2.10. The Labute approximate surface area is 82.2 Å². The van der Waals surface area contributed by atoms with Gasteiger partial charge in [0.1, 0.15) is 4.33 Å². The Morgan fingerprint density at radius 3 is 1.92 bits per heavy atom. The Morgan fingerprint density at radius 1 is 0.917 bits per heavy atom. The van der Waals surface area contributed by atoms with Crippen molar-refractivity contribution in [2.45, 2.75) is 23.6 Å². The molecule has 0 nitrogen and oxygen atoms in total. The molecule has 0 heterocycles. The molecule has 0 N–H and O–H groups in total. The highest BCUT2D eigenvalue weighted by atomic mass is 35.5. The van der Waals surface area contributed by atoms with Gasteiger partial charge in [0.15, 0.2) is 0 Å². The molecule has 0 saturated heterocycles. The maximum atomic E-state index is 6.33. The lowest BCUT2D eigenvalue weighted by Crippen LogP contribution is -2.05. The highest BCUT2D eigenvalue weighted by Gasteiger charge is 2.85. The second kappa shape index (κ2) is 1.78. The van der Waals surface area contributed by atoms with Crippen LogP contribution in [0, 0.1) is 10.8 Å². The highest BCUT2D eigenvalue weighted by Crippen LogP contribution is 2.86. The van der Waals surface area contributed by atoms with E-state index >= 15 is 0 Å². The van der Waals surface area contributed by atoms with Crippen molar-refractivity contribution in [3.8, 4) is 0 Å². The molecule has 3 aliphatic carbocycles. The molecule has 0 aliphatic heterocycles. The van der Waals surface area contributed by atoms with Crippen molar-refractivity contribution in [2.24, 2.45) is 10.8 Å². The van der Waals surface area contributed by atoms with Crippen LogP contribution in [0.4, 0.5) is 0 Å². The molecule has 0 aromatic carbocycles. The van der Waals surface area contributed by atoms with Gasteiger partial charge in [-0.15, -0.1) is 0 Å². The van der Waals surface area contributed by atoms with Gasteiger partial charge in [0.05, 0.1) is 0 Å². The molecular weight excluding hydrogens is 191 g/mol. The summed E-state index contributed by atoms with van der Waals surface area (Å²) in [6.45, 7) is 0. The minimum Gasteiger partial charge on any atom is -0.0996 e. The fourth-order valence-electron chi connectivity index (χ4n) is 3.18. The topological polar surface area (TPSA) is 0 Å². The van der Waals surface area contributed by atoms with Crippen molar-refractivity contribution in [3.63, 3.8) is 0 Å². The van der Waals surface area contributed by atoms with Gasteiger partial charge in [-0.3, -0.25) is 0 Å². The number of alkyl halides is 2. The first-order valence-electron chi connectivity index (χ1n) is 4.41. The van der Waals surface area contributed by atoms with Crippen LogP contribution >= 0.6 is 23.2 Å². The summed E-state index contributed by atoms with van der Waals surface area (Å²) in [5.74, 6) is 0. The van der Waals surface area contributed by atoms with E-state index in [1.807, 2.05) is 0 Å². The van der Waals surface area contributed by atoms with E-state index in [0.29, 0.717) is 0 Å². The molecule has 3 aliphatic rings. The average Bonchev–Trinajstić information content (AvgIpc) is 2.44. The standard InChI is InChI=1S/C10H10Cl2/c11-10(12)8-4-1-2-5-9(8,10)7-3-6-8/h1-2,4-5H,3,6-7H2. The molecule has 0 bridgehead atoms. The predicted molar refractivity (Wildman–Crippen MR) is 51.4 cm³/mol. The maximum Gasteiger partial charge on any atom is 0.138 e. The Morgan fingerprint density at radius 2 is 1.42 bits per heavy atom. The Hall–Kier alpha value is 0.0600. The van der Waals surface area contributed by atoms with Gasteiger partial charge in [0, 0.05) is 10.8 Å². The normalized spacial score (nSPS) is 51.8. The van der Waals surface area contributed by atoms with E-state index < -0.39 is 4.33 Å². The van der Waals surface area contributed by atoms with Gasteiger partial charge in [0.25, 0.3) is 0 Å². The first kappa shape index (κ1) is 7.46. The van der Waals surface area contributed by atoms with E-state index in [1.165, 1.54) is 6.42 Å². The summed E-state index contributed by atoms with van der Waals surface area (Å²) in [6, 6.07) is 0.